The summed E-state index contributed by atoms with van der Waals surface area (Å²) in [6.45, 7) is 3.57. The fraction of sp³-hybridized carbons (Fsp3) is 0.462. The van der Waals surface area contributed by atoms with Crippen molar-refractivity contribution in [3.8, 4) is 0 Å². The molecule has 2 nitrogen and oxygen atoms in total. The summed E-state index contributed by atoms with van der Waals surface area (Å²) < 4.78 is 27.4. The number of carbonyl (C=O) groups is 1. The van der Waals surface area contributed by atoms with Gasteiger partial charge in [-0.25, -0.2) is 8.78 Å². The standard InChI is InChI=1S/C13H16BrF2NO/c1-3-13(17,4-2)11(18)7-8-10(15)6-5-9(14)12(8)16/h5-6H,3-4,7,17H2,1-2H3. The molecule has 0 saturated heterocycles. The molecule has 0 atom stereocenters. The second-order valence-electron chi connectivity index (χ2n) is 4.28. The Hall–Kier alpha value is -0.810. The fourth-order valence-corrected chi connectivity index (χ4v) is 2.08. The number of hydrogen-bond donors (Lipinski definition) is 1. The summed E-state index contributed by atoms with van der Waals surface area (Å²) >= 11 is 2.97. The van der Waals surface area contributed by atoms with Crippen molar-refractivity contribution < 1.29 is 13.6 Å². The molecule has 18 heavy (non-hydrogen) atoms. The molecule has 0 amide bonds. The summed E-state index contributed by atoms with van der Waals surface area (Å²) in [5, 5.41) is 0. The van der Waals surface area contributed by atoms with E-state index in [2.05, 4.69) is 15.9 Å². The number of benzene rings is 1. The lowest BCUT2D eigenvalue weighted by molar-refractivity contribution is -0.123. The molecule has 0 bridgehead atoms. The Morgan fingerprint density at radius 3 is 2.39 bits per heavy atom. The molecule has 5 heteroatoms. The van der Waals surface area contributed by atoms with E-state index in [0.29, 0.717) is 12.8 Å². The molecule has 2 N–H and O–H groups in total. The van der Waals surface area contributed by atoms with Gasteiger partial charge in [-0.05, 0) is 40.9 Å². The molecular weight excluding hydrogens is 304 g/mol. The molecule has 1 aromatic rings. The molecule has 0 radical (unpaired) electrons. The van der Waals surface area contributed by atoms with Crippen LogP contribution in [0.4, 0.5) is 8.78 Å². The Labute approximate surface area is 114 Å². The SMILES string of the molecule is CCC(N)(CC)C(=O)Cc1c(F)ccc(Br)c1F. The van der Waals surface area contributed by atoms with Gasteiger partial charge in [0.1, 0.15) is 11.6 Å². The third-order valence-electron chi connectivity index (χ3n) is 3.29. The van der Waals surface area contributed by atoms with Gasteiger partial charge in [0, 0.05) is 12.0 Å². The summed E-state index contributed by atoms with van der Waals surface area (Å²) in [5.41, 5.74) is 4.68. The highest BCUT2D eigenvalue weighted by Gasteiger charge is 2.31. The van der Waals surface area contributed by atoms with Crippen LogP contribution in [0.3, 0.4) is 0 Å². The average molecular weight is 320 g/mol. The van der Waals surface area contributed by atoms with Crippen LogP contribution in [0.5, 0.6) is 0 Å². The Kier molecular flexibility index (Phi) is 4.99. The monoisotopic (exact) mass is 319 g/mol. The van der Waals surface area contributed by atoms with E-state index in [9.17, 15) is 13.6 Å². The average Bonchev–Trinajstić information content (AvgIpc) is 2.37. The lowest BCUT2D eigenvalue weighted by atomic mass is 9.86. The molecule has 0 fully saturated rings. The first kappa shape index (κ1) is 15.2. The first-order valence-corrected chi connectivity index (χ1v) is 6.59. The van der Waals surface area contributed by atoms with Crippen molar-refractivity contribution in [1.82, 2.24) is 0 Å². The van der Waals surface area contributed by atoms with Crippen LogP contribution < -0.4 is 5.73 Å². The van der Waals surface area contributed by atoms with Crippen molar-refractivity contribution in [3.63, 3.8) is 0 Å². The zero-order valence-electron chi connectivity index (χ0n) is 10.4. The molecule has 0 unspecified atom stereocenters. The molecular formula is C13H16BrF2NO. The van der Waals surface area contributed by atoms with Gasteiger partial charge in [0.05, 0.1) is 10.0 Å². The highest BCUT2D eigenvalue weighted by atomic mass is 79.9. The second-order valence-corrected chi connectivity index (χ2v) is 5.14. The van der Waals surface area contributed by atoms with E-state index in [0.717, 1.165) is 6.07 Å². The van der Waals surface area contributed by atoms with Crippen molar-refractivity contribution >= 4 is 21.7 Å². The molecule has 0 spiro atoms. The third kappa shape index (κ3) is 2.95. The van der Waals surface area contributed by atoms with Gasteiger partial charge < -0.3 is 5.73 Å². The fourth-order valence-electron chi connectivity index (χ4n) is 1.71. The smallest absolute Gasteiger partial charge is 0.157 e. The van der Waals surface area contributed by atoms with Crippen molar-refractivity contribution in [3.05, 3.63) is 33.8 Å². The van der Waals surface area contributed by atoms with E-state index < -0.39 is 17.2 Å². The Morgan fingerprint density at radius 2 is 1.89 bits per heavy atom. The summed E-state index contributed by atoms with van der Waals surface area (Å²) in [4.78, 5) is 12.0. The maximum atomic E-state index is 13.7. The van der Waals surface area contributed by atoms with E-state index in [1.165, 1.54) is 6.07 Å². The third-order valence-corrected chi connectivity index (χ3v) is 3.91. The molecule has 0 aliphatic heterocycles. The minimum absolute atomic E-state index is 0.141. The van der Waals surface area contributed by atoms with Gasteiger partial charge in [-0.1, -0.05) is 13.8 Å². The first-order chi connectivity index (χ1) is 8.35. The van der Waals surface area contributed by atoms with Gasteiger partial charge >= 0.3 is 0 Å². The van der Waals surface area contributed by atoms with Crippen LogP contribution in [0.2, 0.25) is 0 Å². The summed E-state index contributed by atoms with van der Waals surface area (Å²) in [5.74, 6) is -1.81. The van der Waals surface area contributed by atoms with Gasteiger partial charge in [-0.2, -0.15) is 0 Å². The molecule has 1 rings (SSSR count). The molecule has 0 heterocycles. The predicted octanol–water partition coefficient (Wildman–Crippen LogP) is 3.36. The lowest BCUT2D eigenvalue weighted by Crippen LogP contribution is -2.47. The Bertz CT molecular complexity index is 459. The van der Waals surface area contributed by atoms with E-state index in [4.69, 9.17) is 5.73 Å². The zero-order valence-corrected chi connectivity index (χ0v) is 12.0. The Morgan fingerprint density at radius 1 is 1.33 bits per heavy atom. The summed E-state index contributed by atoms with van der Waals surface area (Å²) in [6, 6.07) is 2.40. The summed E-state index contributed by atoms with van der Waals surface area (Å²) in [7, 11) is 0. The number of carbonyl (C=O) groups excluding carboxylic acids is 1. The van der Waals surface area contributed by atoms with E-state index in [1.54, 1.807) is 13.8 Å². The highest BCUT2D eigenvalue weighted by Crippen LogP contribution is 2.24. The second kappa shape index (κ2) is 5.89. The van der Waals surface area contributed by atoms with E-state index in [-0.39, 0.29) is 22.2 Å². The number of nitrogens with two attached hydrogens (primary N) is 1. The normalized spacial score (nSPS) is 11.7. The van der Waals surface area contributed by atoms with Gasteiger partial charge in [-0.15, -0.1) is 0 Å². The number of Topliss-reactive ketones (excluding diaryl/α,β-unsaturated/α-hetero) is 1. The lowest BCUT2D eigenvalue weighted by Gasteiger charge is -2.25. The van der Waals surface area contributed by atoms with Crippen molar-refractivity contribution in [2.75, 3.05) is 0 Å². The maximum Gasteiger partial charge on any atom is 0.157 e. The minimum Gasteiger partial charge on any atom is -0.319 e. The highest BCUT2D eigenvalue weighted by molar-refractivity contribution is 9.10. The van der Waals surface area contributed by atoms with E-state index >= 15 is 0 Å². The Balaban J connectivity index is 3.06. The van der Waals surface area contributed by atoms with E-state index in [1.807, 2.05) is 0 Å². The molecule has 1 aromatic carbocycles. The number of ketones is 1. The quantitative estimate of drug-likeness (QED) is 0.846. The van der Waals surface area contributed by atoms with Crippen molar-refractivity contribution in [2.24, 2.45) is 5.73 Å². The molecule has 0 aromatic heterocycles. The van der Waals surface area contributed by atoms with Gasteiger partial charge in [0.15, 0.2) is 5.78 Å². The van der Waals surface area contributed by atoms with Crippen molar-refractivity contribution in [2.45, 2.75) is 38.6 Å². The largest absolute Gasteiger partial charge is 0.319 e. The molecule has 0 aliphatic rings. The van der Waals surface area contributed by atoms with Crippen LogP contribution >= 0.6 is 15.9 Å². The minimum atomic E-state index is -1.01. The van der Waals surface area contributed by atoms with Crippen LogP contribution in [0.1, 0.15) is 32.3 Å². The predicted molar refractivity (Wildman–Crippen MR) is 70.3 cm³/mol. The number of hydrogen-bond acceptors (Lipinski definition) is 2. The van der Waals surface area contributed by atoms with Gasteiger partial charge in [-0.3, -0.25) is 4.79 Å². The van der Waals surface area contributed by atoms with Crippen LogP contribution in [0.15, 0.2) is 16.6 Å². The number of halogens is 3. The van der Waals surface area contributed by atoms with Gasteiger partial charge in [0.25, 0.3) is 0 Å². The van der Waals surface area contributed by atoms with Crippen LogP contribution in [0, 0.1) is 11.6 Å². The summed E-state index contributed by atoms with van der Waals surface area (Å²) in [6.07, 6.45) is 0.564. The molecule has 100 valence electrons. The number of rotatable bonds is 5. The zero-order chi connectivity index (χ0) is 13.9. The van der Waals surface area contributed by atoms with Gasteiger partial charge in [0.2, 0.25) is 0 Å². The van der Waals surface area contributed by atoms with Crippen LogP contribution in [-0.4, -0.2) is 11.3 Å². The van der Waals surface area contributed by atoms with Crippen LogP contribution in [0.25, 0.3) is 0 Å². The maximum absolute atomic E-state index is 13.7. The molecule has 0 aliphatic carbocycles. The first-order valence-electron chi connectivity index (χ1n) is 5.80. The molecule has 0 saturated carbocycles. The van der Waals surface area contributed by atoms with Crippen molar-refractivity contribution in [1.29, 1.82) is 0 Å². The topological polar surface area (TPSA) is 43.1 Å². The van der Waals surface area contributed by atoms with Crippen LogP contribution in [-0.2, 0) is 11.2 Å².